The number of rotatable bonds is 7. The number of ether oxygens (including phenoxy) is 1. The van der Waals surface area contributed by atoms with Gasteiger partial charge in [0.1, 0.15) is 11.6 Å². The lowest BCUT2D eigenvalue weighted by Crippen LogP contribution is -2.34. The molecule has 0 spiro atoms. The van der Waals surface area contributed by atoms with Crippen LogP contribution in [0, 0.1) is 11.8 Å². The molecule has 1 aliphatic carbocycles. The van der Waals surface area contributed by atoms with Crippen LogP contribution < -0.4 is 0 Å². The van der Waals surface area contributed by atoms with Gasteiger partial charge >= 0.3 is 5.97 Å². The first-order valence-electron chi connectivity index (χ1n) is 7.32. The van der Waals surface area contributed by atoms with Gasteiger partial charge in [-0.25, -0.2) is 0 Å². The molecule has 1 rings (SSSR count). The molecule has 1 fully saturated rings. The zero-order valence-corrected chi connectivity index (χ0v) is 11.9. The lowest BCUT2D eigenvalue weighted by molar-refractivity contribution is -0.151. The third kappa shape index (κ3) is 4.77. The highest BCUT2D eigenvalue weighted by molar-refractivity contribution is 6.03. The van der Waals surface area contributed by atoms with Gasteiger partial charge in [0, 0.05) is 12.8 Å². The monoisotopic (exact) mass is 268 g/mol. The molecule has 108 valence electrons. The number of Topliss-reactive ketones (excluding diaryl/α,β-unsaturated/α-hetero) is 2. The van der Waals surface area contributed by atoms with E-state index < -0.39 is 5.92 Å². The number of hydrogen-bond donors (Lipinski definition) is 0. The van der Waals surface area contributed by atoms with Crippen LogP contribution in [-0.4, -0.2) is 24.1 Å². The van der Waals surface area contributed by atoms with Crippen LogP contribution in [0.4, 0.5) is 0 Å². The number of ketones is 2. The highest BCUT2D eigenvalue weighted by Gasteiger charge is 2.36. The van der Waals surface area contributed by atoms with Crippen molar-refractivity contribution in [2.75, 3.05) is 6.61 Å². The fourth-order valence-electron chi connectivity index (χ4n) is 2.53. The lowest BCUT2D eigenvalue weighted by atomic mass is 9.77. The minimum Gasteiger partial charge on any atom is -0.466 e. The summed E-state index contributed by atoms with van der Waals surface area (Å²) in [4.78, 5) is 35.5. The minimum atomic E-state index is -0.569. The number of hydrogen-bond acceptors (Lipinski definition) is 4. The largest absolute Gasteiger partial charge is 0.466 e. The Labute approximate surface area is 114 Å². The Morgan fingerprint density at radius 3 is 2.63 bits per heavy atom. The van der Waals surface area contributed by atoms with E-state index in [0.29, 0.717) is 32.3 Å². The zero-order valence-electron chi connectivity index (χ0n) is 11.9. The van der Waals surface area contributed by atoms with Crippen molar-refractivity contribution in [1.29, 1.82) is 0 Å². The maximum absolute atomic E-state index is 12.0. The van der Waals surface area contributed by atoms with Crippen molar-refractivity contribution in [3.8, 4) is 0 Å². The molecule has 0 aromatic heterocycles. The second kappa shape index (κ2) is 8.08. The van der Waals surface area contributed by atoms with Gasteiger partial charge in [0.2, 0.25) is 0 Å². The first-order valence-corrected chi connectivity index (χ1v) is 7.32. The second-order valence-corrected chi connectivity index (χ2v) is 5.17. The molecular weight excluding hydrogens is 244 g/mol. The highest BCUT2D eigenvalue weighted by Crippen LogP contribution is 2.29. The molecule has 0 radical (unpaired) electrons. The topological polar surface area (TPSA) is 60.4 Å². The molecule has 4 heteroatoms. The van der Waals surface area contributed by atoms with E-state index in [9.17, 15) is 14.4 Å². The quantitative estimate of drug-likeness (QED) is 0.404. The molecule has 0 saturated heterocycles. The Kier molecular flexibility index (Phi) is 6.74. The van der Waals surface area contributed by atoms with Gasteiger partial charge in [-0.15, -0.1) is 0 Å². The molecule has 19 heavy (non-hydrogen) atoms. The summed E-state index contributed by atoms with van der Waals surface area (Å²) in [5, 5.41) is 0. The summed E-state index contributed by atoms with van der Waals surface area (Å²) in [6.07, 6.45) is 4.56. The maximum atomic E-state index is 12.0. The van der Waals surface area contributed by atoms with Crippen LogP contribution in [-0.2, 0) is 19.1 Å². The molecular formula is C15H24O4. The summed E-state index contributed by atoms with van der Waals surface area (Å²) in [5.41, 5.74) is 0. The Balaban J connectivity index is 2.53. The SMILES string of the molecule is CCCCCC(=O)C1CC(C(=O)OCC)CCC1=O. The third-order valence-corrected chi connectivity index (χ3v) is 3.68. The van der Waals surface area contributed by atoms with Gasteiger partial charge in [-0.05, 0) is 26.2 Å². The molecule has 0 amide bonds. The standard InChI is InChI=1S/C15H24O4/c1-3-5-6-7-13(16)12-10-11(8-9-14(12)17)15(18)19-4-2/h11-12H,3-10H2,1-2H3. The predicted octanol–water partition coefficient (Wildman–Crippen LogP) is 2.68. The van der Waals surface area contributed by atoms with Gasteiger partial charge in [0.15, 0.2) is 0 Å². The average molecular weight is 268 g/mol. The van der Waals surface area contributed by atoms with Crippen LogP contribution in [0.5, 0.6) is 0 Å². The fraction of sp³-hybridized carbons (Fsp3) is 0.800. The van der Waals surface area contributed by atoms with Gasteiger partial charge in [-0.1, -0.05) is 19.8 Å². The highest BCUT2D eigenvalue weighted by atomic mass is 16.5. The van der Waals surface area contributed by atoms with Crippen LogP contribution in [0.2, 0.25) is 0 Å². The van der Waals surface area contributed by atoms with Crippen LogP contribution in [0.25, 0.3) is 0 Å². The van der Waals surface area contributed by atoms with Gasteiger partial charge in [-0.3, -0.25) is 14.4 Å². The van der Waals surface area contributed by atoms with Gasteiger partial charge in [-0.2, -0.15) is 0 Å². The van der Waals surface area contributed by atoms with Crippen molar-refractivity contribution in [1.82, 2.24) is 0 Å². The number of esters is 1. The Hall–Kier alpha value is -1.19. The van der Waals surface area contributed by atoms with Crippen LogP contribution in [0.3, 0.4) is 0 Å². The van der Waals surface area contributed by atoms with E-state index in [4.69, 9.17) is 4.74 Å². The molecule has 2 unspecified atom stereocenters. The van der Waals surface area contributed by atoms with Crippen LogP contribution in [0.1, 0.15) is 58.8 Å². The van der Waals surface area contributed by atoms with Gasteiger partial charge in [0.05, 0.1) is 18.4 Å². The Bertz CT molecular complexity index is 335. The van der Waals surface area contributed by atoms with Crippen molar-refractivity contribution in [2.24, 2.45) is 11.8 Å². The van der Waals surface area contributed by atoms with Crippen LogP contribution in [0.15, 0.2) is 0 Å². The van der Waals surface area contributed by atoms with E-state index in [1.165, 1.54) is 0 Å². The normalized spacial score (nSPS) is 23.2. The summed E-state index contributed by atoms with van der Waals surface area (Å²) in [6.45, 7) is 4.19. The third-order valence-electron chi connectivity index (χ3n) is 3.68. The fourth-order valence-corrected chi connectivity index (χ4v) is 2.53. The van der Waals surface area contributed by atoms with Crippen molar-refractivity contribution in [3.05, 3.63) is 0 Å². The molecule has 4 nitrogen and oxygen atoms in total. The van der Waals surface area contributed by atoms with E-state index in [2.05, 4.69) is 6.92 Å². The molecule has 0 heterocycles. The lowest BCUT2D eigenvalue weighted by Gasteiger charge is -2.25. The second-order valence-electron chi connectivity index (χ2n) is 5.17. The smallest absolute Gasteiger partial charge is 0.308 e. The molecule has 1 saturated carbocycles. The number of carbonyl (C=O) groups excluding carboxylic acids is 3. The van der Waals surface area contributed by atoms with Crippen molar-refractivity contribution < 1.29 is 19.1 Å². The van der Waals surface area contributed by atoms with E-state index in [1.54, 1.807) is 6.92 Å². The van der Waals surface area contributed by atoms with Gasteiger partial charge < -0.3 is 4.74 Å². The van der Waals surface area contributed by atoms with Crippen molar-refractivity contribution >= 4 is 17.5 Å². The number of carbonyl (C=O) groups is 3. The van der Waals surface area contributed by atoms with Gasteiger partial charge in [0.25, 0.3) is 0 Å². The average Bonchev–Trinajstić information content (AvgIpc) is 2.39. The molecule has 0 N–H and O–H groups in total. The first-order chi connectivity index (χ1) is 9.10. The summed E-state index contributed by atoms with van der Waals surface area (Å²) < 4.78 is 4.98. The first kappa shape index (κ1) is 15.9. The summed E-state index contributed by atoms with van der Waals surface area (Å²) in [6, 6.07) is 0. The minimum absolute atomic E-state index is 0.00190. The summed E-state index contributed by atoms with van der Waals surface area (Å²) in [7, 11) is 0. The Morgan fingerprint density at radius 2 is 2.00 bits per heavy atom. The summed E-state index contributed by atoms with van der Waals surface area (Å²) >= 11 is 0. The molecule has 0 aromatic carbocycles. The maximum Gasteiger partial charge on any atom is 0.308 e. The van der Waals surface area contributed by atoms with E-state index in [-0.39, 0.29) is 23.5 Å². The molecule has 2 atom stereocenters. The molecule has 0 aliphatic heterocycles. The van der Waals surface area contributed by atoms with Crippen molar-refractivity contribution in [2.45, 2.75) is 58.8 Å². The Morgan fingerprint density at radius 1 is 1.26 bits per heavy atom. The summed E-state index contributed by atoms with van der Waals surface area (Å²) in [5.74, 6) is -1.10. The predicted molar refractivity (Wildman–Crippen MR) is 71.6 cm³/mol. The molecule has 0 aromatic rings. The molecule has 1 aliphatic rings. The number of unbranched alkanes of at least 4 members (excludes halogenated alkanes) is 2. The van der Waals surface area contributed by atoms with E-state index in [0.717, 1.165) is 19.3 Å². The van der Waals surface area contributed by atoms with E-state index >= 15 is 0 Å². The van der Waals surface area contributed by atoms with Crippen molar-refractivity contribution in [3.63, 3.8) is 0 Å². The zero-order chi connectivity index (χ0) is 14.3. The van der Waals surface area contributed by atoms with Crippen LogP contribution >= 0.6 is 0 Å². The van der Waals surface area contributed by atoms with E-state index in [1.807, 2.05) is 0 Å². The molecule has 0 bridgehead atoms.